The normalized spacial score (nSPS) is 11.9. The third kappa shape index (κ3) is 6.54. The third-order valence-electron chi connectivity index (χ3n) is 2.55. The van der Waals surface area contributed by atoms with Crippen molar-refractivity contribution in [3.63, 3.8) is 0 Å². The van der Waals surface area contributed by atoms with Gasteiger partial charge in [-0.25, -0.2) is 0 Å². The van der Waals surface area contributed by atoms with Gasteiger partial charge in [-0.1, -0.05) is 25.1 Å². The summed E-state index contributed by atoms with van der Waals surface area (Å²) in [6.45, 7) is 5.94. The largest absolute Gasteiger partial charge is 0.491 e. The Morgan fingerprint density at radius 2 is 1.95 bits per heavy atom. The maximum absolute atomic E-state index is 11.6. The second-order valence-corrected chi connectivity index (χ2v) is 4.10. The van der Waals surface area contributed by atoms with Crippen LogP contribution in [-0.2, 0) is 14.3 Å². The van der Waals surface area contributed by atoms with Gasteiger partial charge in [-0.05, 0) is 25.6 Å². The second kappa shape index (κ2) is 10.2. The number of nitrogens with one attached hydrogen (secondary N) is 1. The van der Waals surface area contributed by atoms with Crippen LogP contribution in [0.2, 0.25) is 0 Å². The Bertz CT molecular complexity index is 369. The van der Waals surface area contributed by atoms with Crippen molar-refractivity contribution in [2.45, 2.75) is 19.9 Å². The Labute approximate surface area is 120 Å². The van der Waals surface area contributed by atoms with Crippen LogP contribution in [0.4, 0.5) is 0 Å². The summed E-state index contributed by atoms with van der Waals surface area (Å²) in [5.74, 6) is 0.531. The summed E-state index contributed by atoms with van der Waals surface area (Å²) in [5.41, 5.74) is 0. The van der Waals surface area contributed by atoms with Crippen LogP contribution >= 0.6 is 0 Å². The fourth-order valence-corrected chi connectivity index (χ4v) is 1.64. The fourth-order valence-electron chi connectivity index (χ4n) is 1.64. The molecule has 0 fully saturated rings. The number of benzene rings is 1. The summed E-state index contributed by atoms with van der Waals surface area (Å²) >= 11 is 0. The Morgan fingerprint density at radius 1 is 1.20 bits per heavy atom. The molecule has 0 radical (unpaired) electrons. The Balaban J connectivity index is 2.18. The lowest BCUT2D eigenvalue weighted by Crippen LogP contribution is -2.42. The minimum Gasteiger partial charge on any atom is -0.491 e. The van der Waals surface area contributed by atoms with Crippen LogP contribution in [-0.4, -0.2) is 45.0 Å². The Kier molecular flexibility index (Phi) is 8.42. The Hall–Kier alpha value is -1.59. The maximum Gasteiger partial charge on any atom is 0.325 e. The van der Waals surface area contributed by atoms with Crippen LogP contribution in [0.3, 0.4) is 0 Å². The van der Waals surface area contributed by atoms with Crippen molar-refractivity contribution in [1.29, 1.82) is 0 Å². The van der Waals surface area contributed by atoms with Crippen LogP contribution in [0.15, 0.2) is 30.3 Å². The van der Waals surface area contributed by atoms with E-state index in [9.17, 15) is 4.79 Å². The van der Waals surface area contributed by atoms with E-state index in [0.717, 1.165) is 5.75 Å². The van der Waals surface area contributed by atoms with Gasteiger partial charge in [-0.15, -0.1) is 0 Å². The zero-order valence-electron chi connectivity index (χ0n) is 12.1. The Morgan fingerprint density at radius 3 is 2.60 bits per heavy atom. The van der Waals surface area contributed by atoms with Gasteiger partial charge in [0.15, 0.2) is 0 Å². The molecule has 5 heteroatoms. The molecule has 0 aliphatic rings. The van der Waals surface area contributed by atoms with Crippen LogP contribution in [0.5, 0.6) is 5.75 Å². The third-order valence-corrected chi connectivity index (χ3v) is 2.55. The molecule has 0 aliphatic carbocycles. The molecule has 112 valence electrons. The van der Waals surface area contributed by atoms with Crippen LogP contribution in [0.25, 0.3) is 0 Å². The van der Waals surface area contributed by atoms with Crippen molar-refractivity contribution in [3.8, 4) is 5.75 Å². The van der Waals surface area contributed by atoms with Crippen molar-refractivity contribution in [2.75, 3.05) is 33.0 Å². The summed E-state index contributed by atoms with van der Waals surface area (Å²) < 4.78 is 15.9. The molecular weight excluding hydrogens is 258 g/mol. The molecule has 1 aromatic carbocycles. The van der Waals surface area contributed by atoms with Crippen molar-refractivity contribution >= 4 is 5.97 Å². The average Bonchev–Trinajstić information content (AvgIpc) is 2.47. The lowest BCUT2D eigenvalue weighted by Gasteiger charge is -2.16. The molecule has 0 aliphatic heterocycles. The van der Waals surface area contributed by atoms with Crippen LogP contribution < -0.4 is 10.1 Å². The zero-order valence-corrected chi connectivity index (χ0v) is 12.1. The van der Waals surface area contributed by atoms with Gasteiger partial charge in [0.25, 0.3) is 0 Å². The van der Waals surface area contributed by atoms with Gasteiger partial charge in [0.1, 0.15) is 18.4 Å². The maximum atomic E-state index is 11.6. The van der Waals surface area contributed by atoms with Gasteiger partial charge in [0, 0.05) is 0 Å². The molecule has 1 atom stereocenters. The highest BCUT2D eigenvalue weighted by molar-refractivity contribution is 5.75. The number of carbonyl (C=O) groups is 1. The molecule has 0 saturated heterocycles. The topological polar surface area (TPSA) is 56.8 Å². The van der Waals surface area contributed by atoms with Gasteiger partial charge in [0.2, 0.25) is 0 Å². The van der Waals surface area contributed by atoms with Crippen molar-refractivity contribution in [1.82, 2.24) is 5.32 Å². The lowest BCUT2D eigenvalue weighted by atomic mass is 10.3. The molecule has 1 unspecified atom stereocenters. The molecular formula is C15H23NO4. The molecule has 0 amide bonds. The summed E-state index contributed by atoms with van der Waals surface area (Å²) in [5, 5.41) is 3.04. The summed E-state index contributed by atoms with van der Waals surface area (Å²) in [6.07, 6.45) is 0. The first-order valence-corrected chi connectivity index (χ1v) is 6.93. The number of hydrogen-bond acceptors (Lipinski definition) is 5. The molecule has 1 aromatic rings. The van der Waals surface area contributed by atoms with E-state index in [0.29, 0.717) is 26.4 Å². The number of hydrogen-bond donors (Lipinski definition) is 1. The van der Waals surface area contributed by atoms with Gasteiger partial charge in [-0.3, -0.25) is 4.79 Å². The van der Waals surface area contributed by atoms with E-state index in [1.165, 1.54) is 0 Å². The van der Waals surface area contributed by atoms with Crippen molar-refractivity contribution in [2.24, 2.45) is 0 Å². The smallest absolute Gasteiger partial charge is 0.325 e. The predicted octanol–water partition coefficient (Wildman–Crippen LogP) is 1.62. The number of carbonyl (C=O) groups excluding carboxylic acids is 1. The summed E-state index contributed by atoms with van der Waals surface area (Å²) in [6, 6.07) is 9.12. The second-order valence-electron chi connectivity index (χ2n) is 4.10. The minimum atomic E-state index is -0.420. The highest BCUT2D eigenvalue weighted by atomic mass is 16.5. The van der Waals surface area contributed by atoms with E-state index in [2.05, 4.69) is 5.32 Å². The summed E-state index contributed by atoms with van der Waals surface area (Å²) in [7, 11) is 0. The van der Waals surface area contributed by atoms with Crippen molar-refractivity contribution < 1.29 is 19.0 Å². The van der Waals surface area contributed by atoms with Crippen LogP contribution in [0.1, 0.15) is 13.8 Å². The molecule has 0 saturated carbocycles. The molecule has 1 N–H and O–H groups in total. The van der Waals surface area contributed by atoms with Gasteiger partial charge < -0.3 is 19.5 Å². The predicted molar refractivity (Wildman–Crippen MR) is 76.9 cm³/mol. The number of ether oxygens (including phenoxy) is 3. The highest BCUT2D eigenvalue weighted by Gasteiger charge is 2.18. The number of rotatable bonds is 10. The fraction of sp³-hybridized carbons (Fsp3) is 0.533. The van der Waals surface area contributed by atoms with E-state index in [4.69, 9.17) is 14.2 Å². The number of likely N-dealkylation sites (N-methyl/N-ethyl adjacent to an activating group) is 1. The van der Waals surface area contributed by atoms with E-state index >= 15 is 0 Å². The van der Waals surface area contributed by atoms with E-state index in [1.54, 1.807) is 6.92 Å². The average molecular weight is 281 g/mol. The lowest BCUT2D eigenvalue weighted by molar-refractivity contribution is -0.147. The molecule has 5 nitrogen and oxygen atoms in total. The number of esters is 1. The summed E-state index contributed by atoms with van der Waals surface area (Å²) in [4.78, 5) is 11.6. The number of para-hydroxylation sites is 1. The quantitative estimate of drug-likeness (QED) is 0.522. The monoisotopic (exact) mass is 281 g/mol. The van der Waals surface area contributed by atoms with E-state index < -0.39 is 6.04 Å². The van der Waals surface area contributed by atoms with Crippen molar-refractivity contribution in [3.05, 3.63) is 30.3 Å². The van der Waals surface area contributed by atoms with Gasteiger partial charge >= 0.3 is 5.97 Å². The molecule has 0 bridgehead atoms. The molecule has 0 spiro atoms. The van der Waals surface area contributed by atoms with Gasteiger partial charge in [0.05, 0.1) is 19.8 Å². The molecule has 0 aromatic heterocycles. The van der Waals surface area contributed by atoms with E-state index in [-0.39, 0.29) is 12.6 Å². The standard InChI is InChI=1S/C15H23NO4/c1-3-16-14(15(17)19-4-2)12-18-10-11-20-13-8-6-5-7-9-13/h5-9,14,16H,3-4,10-12H2,1-2H3. The first-order chi connectivity index (χ1) is 9.77. The SMILES string of the molecule is CCNC(COCCOc1ccccc1)C(=O)OCC. The van der Waals surface area contributed by atoms with Crippen LogP contribution in [0, 0.1) is 0 Å². The molecule has 20 heavy (non-hydrogen) atoms. The minimum absolute atomic E-state index is 0.279. The highest BCUT2D eigenvalue weighted by Crippen LogP contribution is 2.07. The first kappa shape index (κ1) is 16.5. The molecule has 0 heterocycles. The first-order valence-electron chi connectivity index (χ1n) is 6.93. The van der Waals surface area contributed by atoms with Gasteiger partial charge in [-0.2, -0.15) is 0 Å². The van der Waals surface area contributed by atoms with E-state index in [1.807, 2.05) is 37.3 Å². The zero-order chi connectivity index (χ0) is 14.6. The molecule has 1 rings (SSSR count).